The normalized spacial score (nSPS) is 11.4. The van der Waals surface area contributed by atoms with Gasteiger partial charge in [-0.3, -0.25) is 10.2 Å². The largest absolute Gasteiger partial charge is 0.481 e. The minimum absolute atomic E-state index is 0.0506. The summed E-state index contributed by atoms with van der Waals surface area (Å²) in [5.41, 5.74) is 6.00. The summed E-state index contributed by atoms with van der Waals surface area (Å²) in [7, 11) is 0. The monoisotopic (exact) mass is 396 g/mol. The van der Waals surface area contributed by atoms with Gasteiger partial charge in [0.05, 0.1) is 0 Å². The summed E-state index contributed by atoms with van der Waals surface area (Å²) >= 11 is 11.7. The minimum Gasteiger partial charge on any atom is -0.481 e. The average Bonchev–Trinajstić information content (AvgIpc) is 2.62. The van der Waals surface area contributed by atoms with Gasteiger partial charge in [-0.1, -0.05) is 35.3 Å². The van der Waals surface area contributed by atoms with E-state index in [1.54, 1.807) is 49.4 Å². The van der Waals surface area contributed by atoms with Crippen LogP contribution in [0.3, 0.4) is 0 Å². The number of hydrogen-bond donors (Lipinski definition) is 2. The summed E-state index contributed by atoms with van der Waals surface area (Å²) in [4.78, 5) is 23.6. The Kier molecular flexibility index (Phi) is 7.12. The number of hydrogen-bond acceptors (Lipinski definition) is 4. The first-order chi connectivity index (χ1) is 12.3. The maximum atomic E-state index is 12.0. The van der Waals surface area contributed by atoms with Crippen LogP contribution in [0.4, 0.5) is 4.79 Å². The molecule has 0 fully saturated rings. The van der Waals surface area contributed by atoms with Crippen molar-refractivity contribution in [1.29, 1.82) is 0 Å². The third kappa shape index (κ3) is 6.13. The van der Waals surface area contributed by atoms with E-state index >= 15 is 0 Å². The van der Waals surface area contributed by atoms with Gasteiger partial charge in [-0.05, 0) is 55.3 Å². The number of halogens is 2. The van der Waals surface area contributed by atoms with Gasteiger partial charge in [-0.2, -0.15) is 0 Å². The molecular weight excluding hydrogens is 379 g/mol. The second-order valence-electron chi connectivity index (χ2n) is 5.49. The number of rotatable bonds is 5. The Hall–Kier alpha value is -2.44. The Morgan fingerprint density at radius 2 is 1.77 bits per heavy atom. The highest BCUT2D eigenvalue weighted by Gasteiger charge is 2.16. The first kappa shape index (κ1) is 19.9. The first-order valence-corrected chi connectivity index (χ1v) is 8.50. The molecular formula is C18H18Cl2N2O4. The molecule has 0 aliphatic heterocycles. The highest BCUT2D eigenvalue weighted by Crippen LogP contribution is 2.21. The SMILES string of the molecule is Cc1cc(O[C@H](C)C(=O)NNC(=O)OCc2ccc(Cl)cc2)ccc1Cl. The van der Waals surface area contributed by atoms with Crippen LogP contribution >= 0.6 is 23.2 Å². The minimum atomic E-state index is -0.827. The van der Waals surface area contributed by atoms with Crippen LogP contribution in [-0.2, 0) is 16.1 Å². The van der Waals surface area contributed by atoms with Gasteiger partial charge in [-0.15, -0.1) is 0 Å². The highest BCUT2D eigenvalue weighted by molar-refractivity contribution is 6.31. The van der Waals surface area contributed by atoms with Gasteiger partial charge >= 0.3 is 6.09 Å². The summed E-state index contributed by atoms with van der Waals surface area (Å²) < 4.78 is 10.5. The van der Waals surface area contributed by atoms with Gasteiger partial charge in [0, 0.05) is 10.0 Å². The van der Waals surface area contributed by atoms with E-state index in [-0.39, 0.29) is 6.61 Å². The predicted octanol–water partition coefficient (Wildman–Crippen LogP) is 4.03. The molecule has 2 rings (SSSR count). The first-order valence-electron chi connectivity index (χ1n) is 7.75. The van der Waals surface area contributed by atoms with E-state index in [2.05, 4.69) is 10.9 Å². The Bertz CT molecular complexity index is 781. The maximum absolute atomic E-state index is 12.0. The number of carbonyl (C=O) groups is 2. The number of benzene rings is 2. The Morgan fingerprint density at radius 1 is 1.08 bits per heavy atom. The Labute approximate surface area is 161 Å². The Balaban J connectivity index is 1.75. The molecule has 2 N–H and O–H groups in total. The van der Waals surface area contributed by atoms with E-state index < -0.39 is 18.1 Å². The standard InChI is InChI=1S/C18H18Cl2N2O4/c1-11-9-15(7-8-16(11)20)26-12(2)17(23)21-22-18(24)25-10-13-3-5-14(19)6-4-13/h3-9,12H,10H2,1-2H3,(H,21,23)(H,22,24)/t12-/m1/s1. The summed E-state index contributed by atoms with van der Waals surface area (Å²) in [5.74, 6) is -0.0269. The average molecular weight is 397 g/mol. The van der Waals surface area contributed by atoms with Gasteiger partial charge in [0.25, 0.3) is 5.91 Å². The lowest BCUT2D eigenvalue weighted by Crippen LogP contribution is -2.47. The zero-order chi connectivity index (χ0) is 19.1. The molecule has 2 amide bonds. The number of hydrazine groups is 1. The molecule has 2 aromatic carbocycles. The molecule has 0 saturated heterocycles. The van der Waals surface area contributed by atoms with Crippen molar-refractivity contribution in [2.75, 3.05) is 0 Å². The van der Waals surface area contributed by atoms with Crippen LogP contribution in [0.5, 0.6) is 5.75 Å². The van der Waals surface area contributed by atoms with Crippen molar-refractivity contribution in [3.63, 3.8) is 0 Å². The second-order valence-corrected chi connectivity index (χ2v) is 6.33. The number of aryl methyl sites for hydroxylation is 1. The van der Waals surface area contributed by atoms with E-state index in [0.717, 1.165) is 11.1 Å². The fourth-order valence-corrected chi connectivity index (χ4v) is 2.17. The number of ether oxygens (including phenoxy) is 2. The maximum Gasteiger partial charge on any atom is 0.426 e. The van der Waals surface area contributed by atoms with E-state index in [1.165, 1.54) is 0 Å². The molecule has 138 valence electrons. The van der Waals surface area contributed by atoms with Crippen molar-refractivity contribution in [3.05, 3.63) is 63.6 Å². The molecule has 0 saturated carbocycles. The van der Waals surface area contributed by atoms with Gasteiger partial charge in [-0.25, -0.2) is 10.2 Å². The molecule has 0 bridgehead atoms. The van der Waals surface area contributed by atoms with Crippen LogP contribution in [0, 0.1) is 6.92 Å². The lowest BCUT2D eigenvalue weighted by molar-refractivity contribution is -0.128. The van der Waals surface area contributed by atoms with Crippen molar-refractivity contribution in [1.82, 2.24) is 10.9 Å². The zero-order valence-electron chi connectivity index (χ0n) is 14.2. The molecule has 2 aromatic rings. The highest BCUT2D eigenvalue weighted by atomic mass is 35.5. The quantitative estimate of drug-likeness (QED) is 0.747. The molecule has 0 radical (unpaired) electrons. The predicted molar refractivity (Wildman–Crippen MR) is 99.2 cm³/mol. The lowest BCUT2D eigenvalue weighted by atomic mass is 10.2. The third-order valence-corrected chi connectivity index (χ3v) is 4.06. The van der Waals surface area contributed by atoms with E-state index in [1.807, 2.05) is 6.92 Å². The zero-order valence-corrected chi connectivity index (χ0v) is 15.7. The van der Waals surface area contributed by atoms with Crippen LogP contribution in [0.2, 0.25) is 10.0 Å². The summed E-state index contributed by atoms with van der Waals surface area (Å²) in [6, 6.07) is 11.9. The van der Waals surface area contributed by atoms with Crippen molar-refractivity contribution >= 4 is 35.2 Å². The molecule has 0 heterocycles. The summed E-state index contributed by atoms with van der Waals surface area (Å²) in [6.45, 7) is 3.44. The van der Waals surface area contributed by atoms with E-state index in [4.69, 9.17) is 32.7 Å². The smallest absolute Gasteiger partial charge is 0.426 e. The van der Waals surface area contributed by atoms with Gasteiger partial charge in [0.2, 0.25) is 0 Å². The van der Waals surface area contributed by atoms with E-state index in [9.17, 15) is 9.59 Å². The van der Waals surface area contributed by atoms with Crippen molar-refractivity contribution in [3.8, 4) is 5.75 Å². The third-order valence-electron chi connectivity index (χ3n) is 3.38. The molecule has 0 aliphatic rings. The molecule has 0 unspecified atom stereocenters. The number of nitrogens with one attached hydrogen (secondary N) is 2. The van der Waals surface area contributed by atoms with Crippen molar-refractivity contribution in [2.24, 2.45) is 0 Å². The van der Waals surface area contributed by atoms with Gasteiger partial charge in [0.15, 0.2) is 6.10 Å². The number of carbonyl (C=O) groups excluding carboxylic acids is 2. The Morgan fingerprint density at radius 3 is 2.42 bits per heavy atom. The van der Waals surface area contributed by atoms with Crippen LogP contribution in [0.25, 0.3) is 0 Å². The molecule has 8 heteroatoms. The fourth-order valence-electron chi connectivity index (χ4n) is 1.93. The van der Waals surface area contributed by atoms with Crippen LogP contribution in [0.15, 0.2) is 42.5 Å². The lowest BCUT2D eigenvalue weighted by Gasteiger charge is -2.15. The van der Waals surface area contributed by atoms with Crippen molar-refractivity contribution < 1.29 is 19.1 Å². The topological polar surface area (TPSA) is 76.7 Å². The molecule has 0 aromatic heterocycles. The molecule has 6 nitrogen and oxygen atoms in total. The van der Waals surface area contributed by atoms with Gasteiger partial charge < -0.3 is 9.47 Å². The van der Waals surface area contributed by atoms with E-state index in [0.29, 0.717) is 15.8 Å². The molecule has 0 aliphatic carbocycles. The van der Waals surface area contributed by atoms with Crippen LogP contribution in [-0.4, -0.2) is 18.1 Å². The fraction of sp³-hybridized carbons (Fsp3) is 0.222. The molecule has 0 spiro atoms. The van der Waals surface area contributed by atoms with Crippen LogP contribution in [0.1, 0.15) is 18.1 Å². The summed E-state index contributed by atoms with van der Waals surface area (Å²) in [6.07, 6.45) is -1.62. The van der Waals surface area contributed by atoms with Crippen molar-refractivity contribution in [2.45, 2.75) is 26.6 Å². The van der Waals surface area contributed by atoms with Crippen LogP contribution < -0.4 is 15.6 Å². The van der Waals surface area contributed by atoms with Gasteiger partial charge in [0.1, 0.15) is 12.4 Å². The summed E-state index contributed by atoms with van der Waals surface area (Å²) in [5, 5.41) is 1.20. The number of amides is 2. The second kappa shape index (κ2) is 9.31. The molecule has 1 atom stereocenters. The molecule has 26 heavy (non-hydrogen) atoms.